The molecule has 0 fully saturated rings. The Morgan fingerprint density at radius 3 is 2.75 bits per heavy atom. The molecule has 0 aromatic heterocycles. The van der Waals surface area contributed by atoms with Crippen LogP contribution in [0.4, 0.5) is 0 Å². The van der Waals surface area contributed by atoms with Crippen LogP contribution in [-0.4, -0.2) is 24.5 Å². The summed E-state index contributed by atoms with van der Waals surface area (Å²) in [7, 11) is -0.389. The van der Waals surface area contributed by atoms with Gasteiger partial charge >= 0.3 is 0 Å². The van der Waals surface area contributed by atoms with E-state index in [1.165, 1.54) is 0 Å². The highest BCUT2D eigenvalue weighted by molar-refractivity contribution is 7.24. The molecular formula is C7H16NO3P. The van der Waals surface area contributed by atoms with Crippen molar-refractivity contribution in [1.29, 1.82) is 0 Å². The van der Waals surface area contributed by atoms with Crippen molar-refractivity contribution < 1.29 is 14.2 Å². The van der Waals surface area contributed by atoms with Crippen molar-refractivity contribution in [3.63, 3.8) is 0 Å². The van der Waals surface area contributed by atoms with Crippen molar-refractivity contribution in [1.82, 2.24) is 5.32 Å². The second kappa shape index (κ2) is 10.8. The molecule has 0 radical (unpaired) electrons. The van der Waals surface area contributed by atoms with Crippen LogP contribution in [0.3, 0.4) is 0 Å². The minimum Gasteiger partial charge on any atom is -0.359 e. The molecule has 1 amide bonds. The molecule has 0 rings (SSSR count). The van der Waals surface area contributed by atoms with Crippen LogP contribution in [0.25, 0.3) is 0 Å². The van der Waals surface area contributed by atoms with Crippen molar-refractivity contribution >= 4 is 15.4 Å². The fourth-order valence-electron chi connectivity index (χ4n) is 0.859. The summed E-state index contributed by atoms with van der Waals surface area (Å²) >= 11 is 0. The van der Waals surface area contributed by atoms with E-state index >= 15 is 0 Å². The Morgan fingerprint density at radius 2 is 2.08 bits per heavy atom. The molecule has 1 unspecified atom stereocenters. The van der Waals surface area contributed by atoms with Crippen molar-refractivity contribution in [2.24, 2.45) is 0 Å². The molecule has 0 saturated heterocycles. The van der Waals surface area contributed by atoms with Crippen LogP contribution in [0.1, 0.15) is 25.7 Å². The predicted octanol–water partition coefficient (Wildman–Crippen LogP) is 0.810. The normalized spacial score (nSPS) is 10.8. The molecule has 0 spiro atoms. The molecule has 0 heterocycles. The second-order valence-corrected chi connectivity index (χ2v) is 2.90. The summed E-state index contributed by atoms with van der Waals surface area (Å²) < 4.78 is 4.77. The van der Waals surface area contributed by atoms with Gasteiger partial charge in [-0.1, -0.05) is 12.8 Å². The van der Waals surface area contributed by atoms with E-state index in [2.05, 4.69) is 5.32 Å². The maximum Gasteiger partial charge on any atom is 0.207 e. The van der Waals surface area contributed by atoms with E-state index in [-0.39, 0.29) is 9.03 Å². The van der Waals surface area contributed by atoms with Crippen molar-refractivity contribution in [2.75, 3.05) is 13.2 Å². The molecule has 72 valence electrons. The van der Waals surface area contributed by atoms with E-state index in [1.54, 1.807) is 0 Å². The summed E-state index contributed by atoms with van der Waals surface area (Å²) in [5.41, 5.74) is 0. The largest absolute Gasteiger partial charge is 0.359 e. The third-order valence-electron chi connectivity index (χ3n) is 1.47. The minimum absolute atomic E-state index is 0.389. The van der Waals surface area contributed by atoms with Crippen LogP contribution in [-0.2, 0) is 9.32 Å². The summed E-state index contributed by atoms with van der Waals surface area (Å²) in [5, 5.41) is 2.60. The van der Waals surface area contributed by atoms with Crippen molar-refractivity contribution in [3.05, 3.63) is 0 Å². The Hall–Kier alpha value is -0.180. The van der Waals surface area contributed by atoms with Gasteiger partial charge in [-0.25, -0.2) is 0 Å². The molecule has 0 aliphatic carbocycles. The first-order valence-electron chi connectivity index (χ1n) is 4.09. The SMILES string of the molecule is O=CNCCCCCCOPO. The molecule has 1 atom stereocenters. The zero-order chi connectivity index (χ0) is 9.07. The number of unbranched alkanes of at least 4 members (excludes halogenated alkanes) is 3. The zero-order valence-electron chi connectivity index (χ0n) is 7.08. The molecule has 0 bridgehead atoms. The van der Waals surface area contributed by atoms with E-state index in [0.29, 0.717) is 6.61 Å². The number of hydrogen-bond acceptors (Lipinski definition) is 3. The van der Waals surface area contributed by atoms with Gasteiger partial charge in [0, 0.05) is 6.54 Å². The van der Waals surface area contributed by atoms with Crippen molar-refractivity contribution in [2.45, 2.75) is 25.7 Å². The summed E-state index contributed by atoms with van der Waals surface area (Å²) in [4.78, 5) is 18.1. The van der Waals surface area contributed by atoms with Crippen molar-refractivity contribution in [3.8, 4) is 0 Å². The van der Waals surface area contributed by atoms with Gasteiger partial charge in [0.1, 0.15) is 0 Å². The first-order chi connectivity index (χ1) is 5.91. The molecule has 5 heteroatoms. The van der Waals surface area contributed by atoms with Crippen LogP contribution in [0, 0.1) is 0 Å². The first kappa shape index (κ1) is 11.8. The number of rotatable bonds is 9. The minimum atomic E-state index is -0.389. The van der Waals surface area contributed by atoms with E-state index in [0.717, 1.165) is 38.6 Å². The molecule has 0 aliphatic heterocycles. The summed E-state index contributed by atoms with van der Waals surface area (Å²) in [6.07, 6.45) is 4.90. The van der Waals surface area contributed by atoms with E-state index in [1.807, 2.05) is 0 Å². The fourth-order valence-corrected chi connectivity index (χ4v) is 1.10. The number of amides is 1. The molecule has 0 aromatic carbocycles. The molecule has 4 nitrogen and oxygen atoms in total. The van der Waals surface area contributed by atoms with Crippen LogP contribution in [0.15, 0.2) is 0 Å². The maximum absolute atomic E-state index is 9.82. The summed E-state index contributed by atoms with van der Waals surface area (Å²) in [6, 6.07) is 0. The topological polar surface area (TPSA) is 58.6 Å². The van der Waals surface area contributed by atoms with Gasteiger partial charge in [-0.05, 0) is 12.8 Å². The van der Waals surface area contributed by atoms with E-state index in [4.69, 9.17) is 9.42 Å². The number of hydrogen-bond donors (Lipinski definition) is 2. The highest BCUT2D eigenvalue weighted by Crippen LogP contribution is 2.06. The van der Waals surface area contributed by atoms with Gasteiger partial charge in [-0.3, -0.25) is 4.79 Å². The first-order valence-corrected chi connectivity index (χ1v) is 4.95. The molecule has 0 saturated carbocycles. The Labute approximate surface area is 74.6 Å². The van der Waals surface area contributed by atoms with Crippen LogP contribution >= 0.6 is 9.03 Å². The molecule has 0 aliphatic rings. The van der Waals surface area contributed by atoms with Crippen LogP contribution in [0.2, 0.25) is 0 Å². The van der Waals surface area contributed by atoms with Gasteiger partial charge in [0.05, 0.1) is 6.61 Å². The predicted molar refractivity (Wildman–Crippen MR) is 49.0 cm³/mol. The second-order valence-electron chi connectivity index (χ2n) is 2.43. The summed E-state index contributed by atoms with van der Waals surface area (Å²) in [5.74, 6) is 0. The van der Waals surface area contributed by atoms with Crippen LogP contribution < -0.4 is 5.32 Å². The lowest BCUT2D eigenvalue weighted by atomic mass is 10.2. The lowest BCUT2D eigenvalue weighted by molar-refractivity contribution is -0.109. The Balaban J connectivity index is 2.77. The van der Waals surface area contributed by atoms with E-state index < -0.39 is 0 Å². The average molecular weight is 193 g/mol. The van der Waals surface area contributed by atoms with Crippen LogP contribution in [0.5, 0.6) is 0 Å². The van der Waals surface area contributed by atoms with Gasteiger partial charge in [0.2, 0.25) is 6.41 Å². The monoisotopic (exact) mass is 193 g/mol. The Bertz CT molecular complexity index is 103. The van der Waals surface area contributed by atoms with Gasteiger partial charge in [0.15, 0.2) is 9.03 Å². The lowest BCUT2D eigenvalue weighted by Crippen LogP contribution is -2.11. The standard InChI is InChI=1S/C7H16NO3P/c9-7-8-5-3-1-2-4-6-11-12-10/h7,10,12H,1-6H2,(H,8,9). The average Bonchev–Trinajstić information content (AvgIpc) is 2.10. The van der Waals surface area contributed by atoms with Gasteiger partial charge < -0.3 is 14.7 Å². The Kier molecular flexibility index (Phi) is 10.7. The highest BCUT2D eigenvalue weighted by atomic mass is 31.1. The van der Waals surface area contributed by atoms with Gasteiger partial charge in [-0.2, -0.15) is 0 Å². The lowest BCUT2D eigenvalue weighted by Gasteiger charge is -2.00. The zero-order valence-corrected chi connectivity index (χ0v) is 8.08. The van der Waals surface area contributed by atoms with E-state index in [9.17, 15) is 4.79 Å². The quantitative estimate of drug-likeness (QED) is 0.323. The maximum atomic E-state index is 9.82. The molecule has 12 heavy (non-hydrogen) atoms. The third kappa shape index (κ3) is 9.82. The highest BCUT2D eigenvalue weighted by Gasteiger charge is 1.89. The smallest absolute Gasteiger partial charge is 0.207 e. The number of carbonyl (C=O) groups excluding carboxylic acids is 1. The summed E-state index contributed by atoms with van der Waals surface area (Å²) in [6.45, 7) is 1.39. The van der Waals surface area contributed by atoms with Gasteiger partial charge in [-0.15, -0.1) is 0 Å². The molecule has 2 N–H and O–H groups in total. The number of nitrogens with one attached hydrogen (secondary N) is 1. The molecule has 0 aromatic rings. The third-order valence-corrected chi connectivity index (χ3v) is 1.80. The van der Waals surface area contributed by atoms with Gasteiger partial charge in [0.25, 0.3) is 0 Å². The molecular weight excluding hydrogens is 177 g/mol. The number of carbonyl (C=O) groups is 1. The fraction of sp³-hybridized carbons (Fsp3) is 0.857. The Morgan fingerprint density at radius 1 is 1.33 bits per heavy atom.